The normalized spacial score (nSPS) is 12.5. The molecule has 89 valence electrons. The Kier molecular flexibility index (Phi) is 10.1. The minimum Gasteiger partial charge on any atom is -0.0828 e. The van der Waals surface area contributed by atoms with Crippen LogP contribution < -0.4 is 0 Å². The van der Waals surface area contributed by atoms with Crippen molar-refractivity contribution in [1.82, 2.24) is 0 Å². The summed E-state index contributed by atoms with van der Waals surface area (Å²) in [6.07, 6.45) is 13.0. The maximum absolute atomic E-state index is 4.00. The van der Waals surface area contributed by atoms with Crippen molar-refractivity contribution in [3.05, 3.63) is 18.6 Å². The van der Waals surface area contributed by atoms with E-state index in [1.807, 2.05) is 0 Å². The first-order chi connectivity index (χ1) is 7.20. The second-order valence-corrected chi connectivity index (χ2v) is 4.84. The lowest BCUT2D eigenvalue weighted by molar-refractivity contribution is 0.603. The molecule has 0 aliphatic rings. The lowest BCUT2D eigenvalue weighted by Gasteiger charge is -2.06. The summed E-state index contributed by atoms with van der Waals surface area (Å²) in [5.41, 5.74) is 1.56. The average Bonchev–Trinajstić information content (AvgIpc) is 2.20. The molecule has 0 N–H and O–H groups in total. The van der Waals surface area contributed by atoms with Crippen LogP contribution in [0.15, 0.2) is 11.6 Å². The zero-order valence-corrected chi connectivity index (χ0v) is 11.0. The third kappa shape index (κ3) is 10.0. The van der Waals surface area contributed by atoms with Gasteiger partial charge in [0, 0.05) is 0 Å². The maximum Gasteiger partial charge on any atom is -0.0288 e. The molecule has 0 fully saturated rings. The molecule has 0 saturated heterocycles. The minimum atomic E-state index is 0.682. The van der Waals surface area contributed by atoms with E-state index in [4.69, 9.17) is 0 Å². The monoisotopic (exact) mass is 209 g/mol. The van der Waals surface area contributed by atoms with E-state index in [2.05, 4.69) is 33.8 Å². The van der Waals surface area contributed by atoms with Crippen LogP contribution in [0.3, 0.4) is 0 Å². The van der Waals surface area contributed by atoms with Crippen molar-refractivity contribution in [2.75, 3.05) is 0 Å². The molecule has 15 heavy (non-hydrogen) atoms. The third-order valence-corrected chi connectivity index (χ3v) is 2.74. The van der Waals surface area contributed by atoms with Crippen LogP contribution in [-0.4, -0.2) is 0 Å². The molecule has 0 aromatic heterocycles. The van der Waals surface area contributed by atoms with Crippen molar-refractivity contribution in [2.45, 2.75) is 72.1 Å². The van der Waals surface area contributed by atoms with Gasteiger partial charge in [-0.15, -0.1) is 0 Å². The van der Waals surface area contributed by atoms with E-state index in [1.54, 1.807) is 5.57 Å². The van der Waals surface area contributed by atoms with Crippen LogP contribution >= 0.6 is 0 Å². The molecule has 0 amide bonds. The Bertz CT molecular complexity index is 153. The fourth-order valence-electron chi connectivity index (χ4n) is 1.90. The molecule has 0 nitrogen and oxygen atoms in total. The summed E-state index contributed by atoms with van der Waals surface area (Å²) in [5.74, 6) is 0.682. The molecule has 0 aromatic rings. The molecule has 0 unspecified atom stereocenters. The van der Waals surface area contributed by atoms with Gasteiger partial charge in [-0.05, 0) is 32.1 Å². The Morgan fingerprint density at radius 1 is 1.07 bits per heavy atom. The van der Waals surface area contributed by atoms with Crippen LogP contribution in [0, 0.1) is 12.8 Å². The highest BCUT2D eigenvalue weighted by atomic mass is 14.0. The van der Waals surface area contributed by atoms with Gasteiger partial charge in [-0.3, -0.25) is 0 Å². The van der Waals surface area contributed by atoms with Gasteiger partial charge < -0.3 is 0 Å². The van der Waals surface area contributed by atoms with E-state index in [0.29, 0.717) is 5.92 Å². The number of hydrogen-bond donors (Lipinski definition) is 0. The summed E-state index contributed by atoms with van der Waals surface area (Å²) in [4.78, 5) is 0. The van der Waals surface area contributed by atoms with Crippen molar-refractivity contribution < 1.29 is 0 Å². The first-order valence-corrected chi connectivity index (χ1v) is 6.69. The molecule has 1 radical (unpaired) electrons. The van der Waals surface area contributed by atoms with Crippen molar-refractivity contribution in [3.63, 3.8) is 0 Å². The number of rotatable bonds is 9. The summed E-state index contributed by atoms with van der Waals surface area (Å²) >= 11 is 0. The molecule has 0 bridgehead atoms. The molecule has 0 atom stereocenters. The van der Waals surface area contributed by atoms with E-state index >= 15 is 0 Å². The van der Waals surface area contributed by atoms with Crippen LogP contribution in [0.5, 0.6) is 0 Å². The first-order valence-electron chi connectivity index (χ1n) is 6.69. The second-order valence-electron chi connectivity index (χ2n) is 4.84. The van der Waals surface area contributed by atoms with E-state index in [1.165, 1.54) is 44.9 Å². The van der Waals surface area contributed by atoms with Crippen molar-refractivity contribution >= 4 is 0 Å². The summed E-state index contributed by atoms with van der Waals surface area (Å²) < 4.78 is 0. The Hall–Kier alpha value is -0.260. The summed E-state index contributed by atoms with van der Waals surface area (Å²) in [5, 5.41) is 0. The fraction of sp³-hybridized carbons (Fsp3) is 0.800. The van der Waals surface area contributed by atoms with Gasteiger partial charge in [0.15, 0.2) is 0 Å². The van der Waals surface area contributed by atoms with Crippen LogP contribution in [0.1, 0.15) is 72.1 Å². The fourth-order valence-corrected chi connectivity index (χ4v) is 1.90. The molecule has 0 rings (SSSR count). The van der Waals surface area contributed by atoms with Crippen LogP contribution in [0.2, 0.25) is 0 Å². The highest BCUT2D eigenvalue weighted by molar-refractivity contribution is 5.04. The smallest absolute Gasteiger partial charge is 0.0288 e. The molecular formula is C15H29. The topological polar surface area (TPSA) is 0 Å². The van der Waals surface area contributed by atoms with E-state index in [9.17, 15) is 0 Å². The zero-order valence-electron chi connectivity index (χ0n) is 11.0. The predicted molar refractivity (Wildman–Crippen MR) is 70.9 cm³/mol. The van der Waals surface area contributed by atoms with Gasteiger partial charge >= 0.3 is 0 Å². The van der Waals surface area contributed by atoms with Crippen LogP contribution in [-0.2, 0) is 0 Å². The third-order valence-electron chi connectivity index (χ3n) is 2.74. The van der Waals surface area contributed by atoms with Crippen molar-refractivity contribution in [2.24, 2.45) is 5.92 Å². The molecule has 0 heteroatoms. The van der Waals surface area contributed by atoms with Crippen molar-refractivity contribution in [3.8, 4) is 0 Å². The molecule has 0 aromatic carbocycles. The molecule has 0 aliphatic carbocycles. The van der Waals surface area contributed by atoms with E-state index < -0.39 is 0 Å². The zero-order chi connectivity index (χ0) is 11.5. The number of hydrogen-bond acceptors (Lipinski definition) is 0. The van der Waals surface area contributed by atoms with Gasteiger partial charge in [0.2, 0.25) is 0 Å². The Morgan fingerprint density at radius 2 is 1.67 bits per heavy atom. The molecular weight excluding hydrogens is 180 g/mol. The van der Waals surface area contributed by atoms with Gasteiger partial charge in [-0.1, -0.05) is 64.5 Å². The molecule has 0 aliphatic heterocycles. The van der Waals surface area contributed by atoms with Gasteiger partial charge in [-0.2, -0.15) is 0 Å². The molecule has 0 spiro atoms. The van der Waals surface area contributed by atoms with Gasteiger partial charge in [0.05, 0.1) is 0 Å². The first kappa shape index (κ1) is 14.7. The standard InChI is InChI=1S/C15H29/c1-5-7-8-9-10-11-12-15(6-2)13-14(3)4/h13-14H,2,5-12H2,1,3-4H3. The van der Waals surface area contributed by atoms with Crippen molar-refractivity contribution in [1.29, 1.82) is 0 Å². The summed E-state index contributed by atoms with van der Waals surface area (Å²) in [6, 6.07) is 0. The van der Waals surface area contributed by atoms with Crippen LogP contribution in [0.4, 0.5) is 0 Å². The lowest BCUT2D eigenvalue weighted by atomic mass is 10.0. The number of unbranched alkanes of at least 4 members (excludes halogenated alkanes) is 5. The largest absolute Gasteiger partial charge is 0.0828 e. The van der Waals surface area contributed by atoms with E-state index in [0.717, 1.165) is 6.42 Å². The quantitative estimate of drug-likeness (QED) is 0.345. The Balaban J connectivity index is 3.47. The Labute approximate surface area is 97.2 Å². The van der Waals surface area contributed by atoms with Crippen LogP contribution in [0.25, 0.3) is 0 Å². The van der Waals surface area contributed by atoms with Gasteiger partial charge in [-0.25, -0.2) is 0 Å². The maximum atomic E-state index is 4.00. The predicted octanol–water partition coefficient (Wildman–Crippen LogP) is 5.54. The second kappa shape index (κ2) is 10.3. The summed E-state index contributed by atoms with van der Waals surface area (Å²) in [6.45, 7) is 10.8. The summed E-state index contributed by atoms with van der Waals surface area (Å²) in [7, 11) is 0. The Morgan fingerprint density at radius 3 is 2.20 bits per heavy atom. The SMILES string of the molecule is [CH2]CC(=CC(C)C)CCCCCCCC. The minimum absolute atomic E-state index is 0.682. The molecule has 0 heterocycles. The van der Waals surface area contributed by atoms with Gasteiger partial charge in [0.25, 0.3) is 0 Å². The lowest BCUT2D eigenvalue weighted by Crippen LogP contribution is -1.88. The molecule has 0 saturated carbocycles. The highest BCUT2D eigenvalue weighted by Gasteiger charge is 1.97. The average molecular weight is 209 g/mol. The number of allylic oxidation sites excluding steroid dienone is 2. The highest BCUT2D eigenvalue weighted by Crippen LogP contribution is 2.15. The van der Waals surface area contributed by atoms with Gasteiger partial charge in [0.1, 0.15) is 0 Å². The van der Waals surface area contributed by atoms with E-state index in [-0.39, 0.29) is 0 Å².